The highest BCUT2D eigenvalue weighted by Crippen LogP contribution is 2.41. The molecule has 0 bridgehead atoms. The number of piperidine rings is 2. The van der Waals surface area contributed by atoms with Crippen molar-refractivity contribution in [1.82, 2.24) is 10.3 Å². The number of aliphatic hydroxyl groups is 1. The molecule has 2 aliphatic rings. The average Bonchev–Trinajstić information content (AvgIpc) is 2.64. The molecule has 2 aromatic rings. The van der Waals surface area contributed by atoms with Gasteiger partial charge in [-0.25, -0.2) is 0 Å². The first-order chi connectivity index (χ1) is 12.8. The molecule has 1 aromatic heterocycles. The molecule has 2 saturated heterocycles. The minimum atomic E-state index is -4.49. The Kier molecular flexibility index (Phi) is 4.25. The second-order valence-electron chi connectivity index (χ2n) is 7.27. The molecule has 1 aromatic carbocycles. The molecule has 0 unspecified atom stereocenters. The van der Waals surface area contributed by atoms with Crippen LogP contribution in [0.15, 0.2) is 30.5 Å². The van der Waals surface area contributed by atoms with Crippen LogP contribution in [0.2, 0.25) is 0 Å². The van der Waals surface area contributed by atoms with Crippen molar-refractivity contribution in [1.29, 1.82) is 0 Å². The van der Waals surface area contributed by atoms with Crippen LogP contribution in [0.5, 0.6) is 0 Å². The molecule has 0 saturated carbocycles. The molecule has 27 heavy (non-hydrogen) atoms. The zero-order valence-corrected chi connectivity index (χ0v) is 14.6. The summed E-state index contributed by atoms with van der Waals surface area (Å²) in [5.41, 5.74) is -1.19. The normalized spacial score (nSPS) is 26.4. The predicted octanol–water partition coefficient (Wildman–Crippen LogP) is 2.72. The third kappa shape index (κ3) is 2.92. The maximum atomic E-state index is 13.3. The van der Waals surface area contributed by atoms with E-state index >= 15 is 0 Å². The fourth-order valence-corrected chi connectivity index (χ4v) is 4.32. The summed E-state index contributed by atoms with van der Waals surface area (Å²) in [6.07, 6.45) is -2.16. The lowest BCUT2D eigenvalue weighted by molar-refractivity contribution is -0.142. The lowest BCUT2D eigenvalue weighted by Gasteiger charge is -2.47. The van der Waals surface area contributed by atoms with Crippen LogP contribution in [-0.4, -0.2) is 41.7 Å². The molecule has 2 N–H and O–H groups in total. The Labute approximate surface area is 154 Å². The van der Waals surface area contributed by atoms with Gasteiger partial charge < -0.3 is 15.3 Å². The molecule has 3 heterocycles. The zero-order chi connectivity index (χ0) is 19.2. The highest BCUT2D eigenvalue weighted by molar-refractivity contribution is 5.94. The molecule has 2 fully saturated rings. The Morgan fingerprint density at radius 3 is 2.85 bits per heavy atom. The van der Waals surface area contributed by atoms with Gasteiger partial charge in [-0.3, -0.25) is 9.78 Å². The Balaban J connectivity index is 1.78. The average molecular weight is 379 g/mol. The van der Waals surface area contributed by atoms with Crippen molar-refractivity contribution in [3.05, 3.63) is 36.0 Å². The van der Waals surface area contributed by atoms with Crippen molar-refractivity contribution >= 4 is 22.5 Å². The molecule has 5 nitrogen and oxygen atoms in total. The molecule has 1 spiro atoms. The first-order valence-corrected chi connectivity index (χ1v) is 8.99. The number of nitrogens with one attached hydrogen (secondary N) is 1. The highest BCUT2D eigenvalue weighted by atomic mass is 19.4. The van der Waals surface area contributed by atoms with Gasteiger partial charge in [0.15, 0.2) is 0 Å². The van der Waals surface area contributed by atoms with Gasteiger partial charge in [-0.15, -0.1) is 0 Å². The smallest absolute Gasteiger partial charge is 0.392 e. The second kappa shape index (κ2) is 6.37. The van der Waals surface area contributed by atoms with E-state index in [1.165, 1.54) is 12.3 Å². The van der Waals surface area contributed by atoms with Gasteiger partial charge in [-0.1, -0.05) is 12.1 Å². The number of fused-ring (bicyclic) bond motifs is 1. The summed E-state index contributed by atoms with van der Waals surface area (Å²) in [6, 6.07) is 5.69. The fourth-order valence-electron chi connectivity index (χ4n) is 4.32. The van der Waals surface area contributed by atoms with Crippen molar-refractivity contribution in [2.75, 3.05) is 24.5 Å². The first kappa shape index (κ1) is 18.0. The summed E-state index contributed by atoms with van der Waals surface area (Å²) in [7, 11) is 0. The van der Waals surface area contributed by atoms with Crippen molar-refractivity contribution in [2.24, 2.45) is 5.41 Å². The lowest BCUT2D eigenvalue weighted by atomic mass is 9.71. The number of hydrogen-bond donors (Lipinski definition) is 2. The van der Waals surface area contributed by atoms with E-state index in [1.54, 1.807) is 12.1 Å². The third-order valence-electron chi connectivity index (χ3n) is 5.71. The summed E-state index contributed by atoms with van der Waals surface area (Å²) in [4.78, 5) is 18.4. The molecule has 4 rings (SSSR count). The lowest BCUT2D eigenvalue weighted by Crippen LogP contribution is -2.61. The number of carbonyl (C=O) groups is 1. The second-order valence-corrected chi connectivity index (χ2v) is 7.27. The zero-order valence-electron chi connectivity index (χ0n) is 14.6. The van der Waals surface area contributed by atoms with Crippen molar-refractivity contribution in [2.45, 2.75) is 31.5 Å². The molecular weight excluding hydrogens is 359 g/mol. The first-order valence-electron chi connectivity index (χ1n) is 8.99. The summed E-state index contributed by atoms with van der Waals surface area (Å²) < 4.78 is 40.0. The van der Waals surface area contributed by atoms with Crippen molar-refractivity contribution < 1.29 is 23.1 Å². The Morgan fingerprint density at radius 1 is 1.30 bits per heavy atom. The van der Waals surface area contributed by atoms with Crippen LogP contribution in [0, 0.1) is 5.41 Å². The number of para-hydroxylation sites is 1. The molecule has 0 aliphatic carbocycles. The van der Waals surface area contributed by atoms with Crippen molar-refractivity contribution in [3.63, 3.8) is 0 Å². The Morgan fingerprint density at radius 2 is 2.11 bits per heavy atom. The number of alkyl halides is 3. The maximum absolute atomic E-state index is 13.3. The van der Waals surface area contributed by atoms with Gasteiger partial charge in [0.2, 0.25) is 5.91 Å². The third-order valence-corrected chi connectivity index (χ3v) is 5.71. The number of anilines is 1. The molecular formula is C19H20F3N3O2. The summed E-state index contributed by atoms with van der Waals surface area (Å²) in [5, 5.41) is 13.8. The van der Waals surface area contributed by atoms with Gasteiger partial charge in [0.25, 0.3) is 0 Å². The van der Waals surface area contributed by atoms with Crippen molar-refractivity contribution in [3.8, 4) is 0 Å². The van der Waals surface area contributed by atoms with E-state index in [9.17, 15) is 23.1 Å². The van der Waals surface area contributed by atoms with Gasteiger partial charge >= 0.3 is 6.18 Å². The highest BCUT2D eigenvalue weighted by Gasteiger charge is 2.50. The van der Waals surface area contributed by atoms with E-state index < -0.39 is 23.3 Å². The van der Waals surface area contributed by atoms with Crippen LogP contribution in [0.1, 0.15) is 24.8 Å². The van der Waals surface area contributed by atoms with Gasteiger partial charge in [0.05, 0.1) is 22.6 Å². The molecule has 2 atom stereocenters. The number of nitrogens with zero attached hydrogens (tertiary/aromatic N) is 2. The van der Waals surface area contributed by atoms with E-state index in [2.05, 4.69) is 10.3 Å². The van der Waals surface area contributed by atoms with Gasteiger partial charge in [-0.05, 0) is 31.4 Å². The Hall–Kier alpha value is -2.35. The minimum Gasteiger partial charge on any atom is -0.392 e. The Bertz CT molecular complexity index is 886. The van der Waals surface area contributed by atoms with Crippen LogP contribution in [0.25, 0.3) is 10.9 Å². The van der Waals surface area contributed by atoms with E-state index in [-0.39, 0.29) is 18.0 Å². The molecule has 144 valence electrons. The number of benzene rings is 1. The molecule has 2 aliphatic heterocycles. The van der Waals surface area contributed by atoms with E-state index in [0.29, 0.717) is 37.0 Å². The fraction of sp³-hybridized carbons (Fsp3) is 0.474. The monoisotopic (exact) mass is 379 g/mol. The van der Waals surface area contributed by atoms with Crippen LogP contribution >= 0.6 is 0 Å². The van der Waals surface area contributed by atoms with E-state index in [0.717, 1.165) is 12.5 Å². The van der Waals surface area contributed by atoms with Crippen LogP contribution in [-0.2, 0) is 11.0 Å². The summed E-state index contributed by atoms with van der Waals surface area (Å²) in [5.74, 6) is -0.180. The summed E-state index contributed by atoms with van der Waals surface area (Å²) >= 11 is 0. The number of hydrogen-bond acceptors (Lipinski definition) is 4. The van der Waals surface area contributed by atoms with Crippen LogP contribution < -0.4 is 10.2 Å². The summed E-state index contributed by atoms with van der Waals surface area (Å²) in [6.45, 7) is 1.32. The maximum Gasteiger partial charge on any atom is 0.418 e. The van der Waals surface area contributed by atoms with Gasteiger partial charge in [0.1, 0.15) is 0 Å². The number of aromatic nitrogens is 1. The molecule has 8 heteroatoms. The standard InChI is InChI=1S/C19H20F3N3O2/c20-19(21,22)13-4-1-3-12-14(5-9-23-16(12)13)25-10-6-15(26)18(11-25)7-2-8-24-17(18)27/h1,3-5,9,15,26H,2,6-8,10-11H2,(H,24,27)/t15-,18+/m0/s1. The number of carbonyl (C=O) groups excluding carboxylic acids is 1. The number of rotatable bonds is 1. The molecule has 1 amide bonds. The number of halogens is 3. The predicted molar refractivity (Wildman–Crippen MR) is 94.3 cm³/mol. The van der Waals surface area contributed by atoms with Gasteiger partial charge in [0, 0.05) is 36.9 Å². The number of amides is 1. The SMILES string of the molecule is O=C1NCCC[C@]12CN(c1ccnc3c(C(F)(F)F)cccc13)CC[C@@H]2O. The number of pyridine rings is 1. The quantitative estimate of drug-likeness (QED) is 0.800. The van der Waals surface area contributed by atoms with Crippen LogP contribution in [0.3, 0.4) is 0 Å². The van der Waals surface area contributed by atoms with E-state index in [4.69, 9.17) is 0 Å². The topological polar surface area (TPSA) is 65.5 Å². The number of aliphatic hydroxyl groups excluding tert-OH is 1. The minimum absolute atomic E-state index is 0.101. The van der Waals surface area contributed by atoms with E-state index in [1.807, 2.05) is 4.90 Å². The largest absolute Gasteiger partial charge is 0.418 e. The molecule has 0 radical (unpaired) electrons. The van der Waals surface area contributed by atoms with Crippen LogP contribution in [0.4, 0.5) is 18.9 Å². The van der Waals surface area contributed by atoms with Gasteiger partial charge in [-0.2, -0.15) is 13.2 Å².